The van der Waals surface area contributed by atoms with Gasteiger partial charge in [-0.1, -0.05) is 0 Å². The highest BCUT2D eigenvalue weighted by atomic mass is 14.9. The number of pyridine rings is 1. The second-order valence-electron chi connectivity index (χ2n) is 1.40. The summed E-state index contributed by atoms with van der Waals surface area (Å²) in [6.07, 6.45) is 0. The molecule has 0 aliphatic carbocycles. The third-order valence-corrected chi connectivity index (χ3v) is 0.735. The Morgan fingerprint density at radius 2 is 2.25 bits per heavy atom. The van der Waals surface area contributed by atoms with Crippen LogP contribution >= 0.6 is 0 Å². The lowest BCUT2D eigenvalue weighted by Gasteiger charge is -1.89. The lowest BCUT2D eigenvalue weighted by molar-refractivity contribution is 1.34. The first-order valence-corrected chi connectivity index (χ1v) is 2.19. The summed E-state index contributed by atoms with van der Waals surface area (Å²) in [5.41, 5.74) is 10.5. The lowest BCUT2D eigenvalue weighted by atomic mass is 10.4. The van der Waals surface area contributed by atoms with Crippen molar-refractivity contribution in [1.29, 1.82) is 0 Å². The molecule has 4 N–H and O–H groups in total. The molecule has 0 spiro atoms. The molecule has 0 aliphatic heterocycles. The number of anilines is 2. The number of hydrogen-bond acceptors (Lipinski definition) is 3. The standard InChI is InChI=1S/C5H6N3/c6-4-2-1-3-5(7)8-4/h1-2H,(H4,6,7,8). The minimum Gasteiger partial charge on any atom is -0.384 e. The molecule has 0 aliphatic rings. The molecular weight excluding hydrogens is 102 g/mol. The van der Waals surface area contributed by atoms with E-state index in [1.54, 1.807) is 12.1 Å². The van der Waals surface area contributed by atoms with Crippen molar-refractivity contribution < 1.29 is 0 Å². The molecule has 0 saturated heterocycles. The summed E-state index contributed by atoms with van der Waals surface area (Å²) in [5, 5.41) is 0. The first-order valence-electron chi connectivity index (χ1n) is 2.19. The maximum absolute atomic E-state index is 5.25. The molecule has 3 nitrogen and oxygen atoms in total. The van der Waals surface area contributed by atoms with Gasteiger partial charge in [0.05, 0.1) is 0 Å². The van der Waals surface area contributed by atoms with Gasteiger partial charge in [0.15, 0.2) is 0 Å². The first kappa shape index (κ1) is 4.90. The van der Waals surface area contributed by atoms with Crippen molar-refractivity contribution in [3.8, 4) is 0 Å². The molecule has 1 aromatic heterocycles. The van der Waals surface area contributed by atoms with Crippen LogP contribution in [0.5, 0.6) is 0 Å². The zero-order valence-corrected chi connectivity index (χ0v) is 4.26. The summed E-state index contributed by atoms with van der Waals surface area (Å²) in [6, 6.07) is 5.93. The predicted molar refractivity (Wildman–Crippen MR) is 31.9 cm³/mol. The zero-order chi connectivity index (χ0) is 5.98. The topological polar surface area (TPSA) is 64.9 Å². The summed E-state index contributed by atoms with van der Waals surface area (Å²) in [6.45, 7) is 0. The fourth-order valence-electron chi connectivity index (χ4n) is 0.421. The van der Waals surface area contributed by atoms with Crippen molar-refractivity contribution in [3.05, 3.63) is 18.2 Å². The van der Waals surface area contributed by atoms with Gasteiger partial charge in [-0.05, 0) is 12.1 Å². The fourth-order valence-corrected chi connectivity index (χ4v) is 0.421. The Morgan fingerprint density at radius 1 is 1.50 bits per heavy atom. The Kier molecular flexibility index (Phi) is 1.04. The van der Waals surface area contributed by atoms with Crippen LogP contribution in [0.15, 0.2) is 12.1 Å². The van der Waals surface area contributed by atoms with Crippen molar-refractivity contribution in [3.63, 3.8) is 0 Å². The van der Waals surface area contributed by atoms with Crippen LogP contribution in [0.1, 0.15) is 0 Å². The fraction of sp³-hybridized carbons (Fsp3) is 0. The van der Waals surface area contributed by atoms with Crippen LogP contribution in [0.4, 0.5) is 11.6 Å². The van der Waals surface area contributed by atoms with Crippen LogP contribution in [-0.4, -0.2) is 4.98 Å². The van der Waals surface area contributed by atoms with Gasteiger partial charge in [0.25, 0.3) is 0 Å². The van der Waals surface area contributed by atoms with Crippen molar-refractivity contribution >= 4 is 11.6 Å². The lowest BCUT2D eigenvalue weighted by Crippen LogP contribution is -1.93. The minimum absolute atomic E-state index is 0.338. The molecule has 41 valence electrons. The molecule has 3 heteroatoms. The summed E-state index contributed by atoms with van der Waals surface area (Å²) in [7, 11) is 0. The van der Waals surface area contributed by atoms with Gasteiger partial charge < -0.3 is 11.5 Å². The Labute approximate surface area is 47.3 Å². The van der Waals surface area contributed by atoms with Gasteiger partial charge >= 0.3 is 0 Å². The quantitative estimate of drug-likeness (QED) is 0.493. The van der Waals surface area contributed by atoms with Gasteiger partial charge in [0.2, 0.25) is 0 Å². The van der Waals surface area contributed by atoms with Crippen LogP contribution in [0.25, 0.3) is 0 Å². The molecule has 8 heavy (non-hydrogen) atoms. The van der Waals surface area contributed by atoms with Gasteiger partial charge in [0.1, 0.15) is 11.6 Å². The molecule has 0 amide bonds. The Balaban J connectivity index is 3.08. The number of nitrogens with two attached hydrogens (primary N) is 2. The van der Waals surface area contributed by atoms with Crippen LogP contribution in [0.3, 0.4) is 0 Å². The first-order chi connectivity index (χ1) is 3.79. The highest BCUT2D eigenvalue weighted by Gasteiger charge is 1.83. The third kappa shape index (κ3) is 0.872. The van der Waals surface area contributed by atoms with E-state index in [9.17, 15) is 0 Å². The molecule has 0 saturated carbocycles. The van der Waals surface area contributed by atoms with Crippen LogP contribution in [0.2, 0.25) is 0 Å². The number of aromatic nitrogens is 1. The second-order valence-corrected chi connectivity index (χ2v) is 1.40. The van der Waals surface area contributed by atoms with Crippen LogP contribution in [-0.2, 0) is 0 Å². The van der Waals surface area contributed by atoms with Gasteiger partial charge in [-0.15, -0.1) is 0 Å². The van der Waals surface area contributed by atoms with Crippen molar-refractivity contribution in [1.82, 2.24) is 4.98 Å². The van der Waals surface area contributed by atoms with Crippen molar-refractivity contribution in [2.24, 2.45) is 0 Å². The van der Waals surface area contributed by atoms with Crippen LogP contribution < -0.4 is 11.5 Å². The second kappa shape index (κ2) is 1.69. The summed E-state index contributed by atoms with van der Waals surface area (Å²) < 4.78 is 0. The highest BCUT2D eigenvalue weighted by Crippen LogP contribution is 1.98. The molecule has 0 bridgehead atoms. The maximum Gasteiger partial charge on any atom is 0.133 e. The number of rotatable bonds is 0. The normalized spacial score (nSPS) is 9.00. The smallest absolute Gasteiger partial charge is 0.133 e. The Morgan fingerprint density at radius 3 is 2.62 bits per heavy atom. The summed E-state index contributed by atoms with van der Waals surface area (Å²) in [4.78, 5) is 3.67. The van der Waals surface area contributed by atoms with Gasteiger partial charge in [-0.3, -0.25) is 0 Å². The molecule has 1 radical (unpaired) electrons. The summed E-state index contributed by atoms with van der Waals surface area (Å²) in [5.74, 6) is 0.770. The van der Waals surface area contributed by atoms with E-state index < -0.39 is 0 Å². The predicted octanol–water partition coefficient (Wildman–Crippen LogP) is 0.0462. The molecule has 0 aromatic carbocycles. The molecule has 1 heterocycles. The van der Waals surface area contributed by atoms with Crippen molar-refractivity contribution in [2.45, 2.75) is 0 Å². The van der Waals surface area contributed by atoms with E-state index in [1.165, 1.54) is 0 Å². The number of hydrogen-bond donors (Lipinski definition) is 2. The van der Waals surface area contributed by atoms with Crippen molar-refractivity contribution in [2.75, 3.05) is 11.5 Å². The van der Waals surface area contributed by atoms with Gasteiger partial charge in [-0.2, -0.15) is 0 Å². The van der Waals surface area contributed by atoms with E-state index in [0.717, 1.165) is 0 Å². The van der Waals surface area contributed by atoms with E-state index in [4.69, 9.17) is 11.5 Å². The van der Waals surface area contributed by atoms with Gasteiger partial charge in [0, 0.05) is 6.07 Å². The van der Waals surface area contributed by atoms with Gasteiger partial charge in [-0.25, -0.2) is 4.98 Å². The summed E-state index contributed by atoms with van der Waals surface area (Å²) >= 11 is 0. The minimum atomic E-state index is 0.338. The monoisotopic (exact) mass is 108 g/mol. The largest absolute Gasteiger partial charge is 0.384 e. The Hall–Kier alpha value is -1.25. The maximum atomic E-state index is 5.25. The van der Waals surface area contributed by atoms with E-state index in [2.05, 4.69) is 11.1 Å². The van der Waals surface area contributed by atoms with E-state index in [0.29, 0.717) is 11.6 Å². The van der Waals surface area contributed by atoms with Crippen LogP contribution in [0, 0.1) is 6.07 Å². The van der Waals surface area contributed by atoms with E-state index in [1.807, 2.05) is 0 Å². The average Bonchev–Trinajstić information content (AvgIpc) is 1.64. The van der Waals surface area contributed by atoms with E-state index >= 15 is 0 Å². The third-order valence-electron chi connectivity index (χ3n) is 0.735. The average molecular weight is 108 g/mol. The SMILES string of the molecule is Nc1[c]ccc(N)n1. The number of nitrogens with zero attached hydrogens (tertiary/aromatic N) is 1. The highest BCUT2D eigenvalue weighted by molar-refractivity contribution is 5.36. The molecule has 0 fully saturated rings. The molecular formula is C5H6N3. The zero-order valence-electron chi connectivity index (χ0n) is 4.26. The number of nitrogen functional groups attached to an aromatic ring is 2. The van der Waals surface area contributed by atoms with E-state index in [-0.39, 0.29) is 0 Å². The Bertz CT molecular complexity index is 168. The molecule has 1 rings (SSSR count). The molecule has 1 aromatic rings. The molecule has 0 unspecified atom stereocenters. The molecule has 0 atom stereocenters.